The molecule has 1 amide bonds. The Labute approximate surface area is 98.4 Å². The Kier molecular flexibility index (Phi) is 4.04. The van der Waals surface area contributed by atoms with E-state index in [0.717, 1.165) is 9.35 Å². The van der Waals surface area contributed by atoms with Crippen LogP contribution in [0.5, 0.6) is 0 Å². The van der Waals surface area contributed by atoms with Crippen LogP contribution in [0.3, 0.4) is 0 Å². The normalized spacial score (nSPS) is 12.6. The molecule has 0 aliphatic rings. The average molecular weight is 303 g/mol. The minimum Gasteiger partial charge on any atom is -0.358 e. The van der Waals surface area contributed by atoms with Crippen LogP contribution in [-0.4, -0.2) is 13.0 Å². The summed E-state index contributed by atoms with van der Waals surface area (Å²) in [6.45, 7) is 0. The van der Waals surface area contributed by atoms with Crippen LogP contribution in [0.15, 0.2) is 10.5 Å². The average Bonchev–Trinajstić information content (AvgIpc) is 2.44. The third-order valence-electron chi connectivity index (χ3n) is 1.39. The second-order valence-electron chi connectivity index (χ2n) is 2.25. The largest absolute Gasteiger partial charge is 0.358 e. The Hall–Kier alpha value is 0.230. The van der Waals surface area contributed by atoms with Crippen LogP contribution in [0.25, 0.3) is 0 Å². The molecule has 0 saturated carbocycles. The minimum absolute atomic E-state index is 0.230. The van der Waals surface area contributed by atoms with Gasteiger partial charge in [0.05, 0.1) is 0 Å². The second kappa shape index (κ2) is 4.64. The van der Waals surface area contributed by atoms with E-state index in [1.54, 1.807) is 13.1 Å². The van der Waals surface area contributed by atoms with E-state index in [-0.39, 0.29) is 5.91 Å². The number of carbonyl (C=O) groups excluding carboxylic acids is 1. The predicted octanol–water partition coefficient (Wildman–Crippen LogP) is 3.19. The first-order valence-corrected chi connectivity index (χ1v) is 5.79. The highest BCUT2D eigenvalue weighted by Gasteiger charge is 2.19. The molecule has 1 aromatic heterocycles. The number of hydrogen-bond donors (Lipinski definition) is 1. The summed E-state index contributed by atoms with van der Waals surface area (Å²) < 4.78 is 1.37. The highest BCUT2D eigenvalue weighted by molar-refractivity contribution is 9.10. The molecule has 0 aromatic carbocycles. The number of hydrogen-bond acceptors (Lipinski definition) is 2. The Balaban J connectivity index is 2.89. The fraction of sp³-hybridized carbons (Fsp3) is 0.286. The van der Waals surface area contributed by atoms with Crippen molar-refractivity contribution in [1.82, 2.24) is 5.32 Å². The maximum atomic E-state index is 11.1. The van der Waals surface area contributed by atoms with Crippen molar-refractivity contribution in [3.05, 3.63) is 19.8 Å². The Morgan fingerprint density at radius 2 is 2.38 bits per heavy atom. The van der Waals surface area contributed by atoms with E-state index in [4.69, 9.17) is 23.2 Å². The van der Waals surface area contributed by atoms with E-state index in [0.29, 0.717) is 4.34 Å². The Morgan fingerprint density at radius 1 is 1.77 bits per heavy atom. The highest BCUT2D eigenvalue weighted by atomic mass is 79.9. The van der Waals surface area contributed by atoms with Crippen LogP contribution in [0, 0.1) is 0 Å². The molecule has 1 heterocycles. The zero-order valence-electron chi connectivity index (χ0n) is 6.61. The van der Waals surface area contributed by atoms with E-state index in [9.17, 15) is 4.79 Å². The number of halogens is 3. The Bertz CT molecular complexity index is 309. The van der Waals surface area contributed by atoms with Crippen molar-refractivity contribution >= 4 is 56.4 Å². The van der Waals surface area contributed by atoms with Gasteiger partial charge in [-0.3, -0.25) is 4.79 Å². The molecule has 0 saturated heterocycles. The minimum atomic E-state index is -0.668. The summed E-state index contributed by atoms with van der Waals surface area (Å²) in [4.78, 5) is 11.9. The smallest absolute Gasteiger partial charge is 0.243 e. The molecule has 0 radical (unpaired) electrons. The number of rotatable bonds is 2. The van der Waals surface area contributed by atoms with Crippen molar-refractivity contribution in [3.8, 4) is 0 Å². The molecule has 2 nitrogen and oxygen atoms in total. The van der Waals surface area contributed by atoms with E-state index >= 15 is 0 Å². The van der Waals surface area contributed by atoms with Crippen molar-refractivity contribution in [2.24, 2.45) is 0 Å². The molecule has 72 valence electrons. The summed E-state index contributed by atoms with van der Waals surface area (Å²) in [5, 5.41) is 1.80. The summed E-state index contributed by atoms with van der Waals surface area (Å²) in [5.74, 6) is -0.230. The molecule has 1 unspecified atom stereocenters. The first-order valence-electron chi connectivity index (χ1n) is 3.36. The van der Waals surface area contributed by atoms with E-state index in [2.05, 4.69) is 21.2 Å². The van der Waals surface area contributed by atoms with Crippen LogP contribution in [0.2, 0.25) is 4.34 Å². The van der Waals surface area contributed by atoms with Gasteiger partial charge in [-0.15, -0.1) is 22.9 Å². The van der Waals surface area contributed by atoms with Crippen LogP contribution in [-0.2, 0) is 4.79 Å². The van der Waals surface area contributed by atoms with Gasteiger partial charge in [-0.1, -0.05) is 11.6 Å². The van der Waals surface area contributed by atoms with Gasteiger partial charge in [0.25, 0.3) is 0 Å². The Morgan fingerprint density at radius 3 is 2.77 bits per heavy atom. The van der Waals surface area contributed by atoms with Gasteiger partial charge >= 0.3 is 0 Å². The summed E-state index contributed by atoms with van der Waals surface area (Å²) >= 11 is 16.2. The van der Waals surface area contributed by atoms with E-state index in [1.165, 1.54) is 11.3 Å². The van der Waals surface area contributed by atoms with Gasteiger partial charge in [-0.2, -0.15) is 0 Å². The van der Waals surface area contributed by atoms with E-state index in [1.807, 2.05) is 0 Å². The van der Waals surface area contributed by atoms with Gasteiger partial charge in [0, 0.05) is 16.4 Å². The molecule has 1 N–H and O–H groups in total. The topological polar surface area (TPSA) is 29.1 Å². The van der Waals surface area contributed by atoms with Crippen LogP contribution in [0.4, 0.5) is 0 Å². The van der Waals surface area contributed by atoms with Crippen molar-refractivity contribution in [3.63, 3.8) is 0 Å². The van der Waals surface area contributed by atoms with Gasteiger partial charge in [0.15, 0.2) is 0 Å². The van der Waals surface area contributed by atoms with Gasteiger partial charge in [-0.05, 0) is 22.0 Å². The number of likely N-dealkylation sites (N-methyl/N-ethyl adjacent to an activating group) is 1. The molecule has 13 heavy (non-hydrogen) atoms. The summed E-state index contributed by atoms with van der Waals surface area (Å²) in [5.41, 5.74) is 0. The molecule has 6 heteroatoms. The molecule has 0 bridgehead atoms. The molecule has 1 rings (SSSR count). The van der Waals surface area contributed by atoms with Gasteiger partial charge < -0.3 is 5.32 Å². The summed E-state index contributed by atoms with van der Waals surface area (Å²) in [6.07, 6.45) is 0. The fourth-order valence-electron chi connectivity index (χ4n) is 0.744. The molecular weight excluding hydrogens is 297 g/mol. The molecule has 0 spiro atoms. The first kappa shape index (κ1) is 11.3. The SMILES string of the molecule is CNC(=O)C(Cl)c1cc(Br)c(Cl)s1. The number of alkyl halides is 1. The van der Waals surface area contributed by atoms with Gasteiger partial charge in [-0.25, -0.2) is 0 Å². The monoisotopic (exact) mass is 301 g/mol. The number of thiophene rings is 1. The fourth-order valence-corrected chi connectivity index (χ4v) is 2.76. The molecule has 0 fully saturated rings. The lowest BCUT2D eigenvalue weighted by atomic mass is 10.3. The lowest BCUT2D eigenvalue weighted by molar-refractivity contribution is -0.120. The molecule has 1 aromatic rings. The van der Waals surface area contributed by atoms with Crippen molar-refractivity contribution in [2.45, 2.75) is 5.38 Å². The van der Waals surface area contributed by atoms with Crippen molar-refractivity contribution in [2.75, 3.05) is 7.05 Å². The lowest BCUT2D eigenvalue weighted by Crippen LogP contribution is -2.21. The lowest BCUT2D eigenvalue weighted by Gasteiger charge is -2.03. The van der Waals surface area contributed by atoms with Crippen LogP contribution < -0.4 is 5.32 Å². The third kappa shape index (κ3) is 2.59. The third-order valence-corrected chi connectivity index (χ3v) is 4.49. The highest BCUT2D eigenvalue weighted by Crippen LogP contribution is 2.37. The quantitative estimate of drug-likeness (QED) is 0.835. The van der Waals surface area contributed by atoms with E-state index < -0.39 is 5.38 Å². The maximum Gasteiger partial charge on any atom is 0.243 e. The predicted molar refractivity (Wildman–Crippen MR) is 59.7 cm³/mol. The molecular formula is C7H6BrCl2NOS. The number of nitrogens with one attached hydrogen (secondary N) is 1. The molecule has 1 atom stereocenters. The number of carbonyl (C=O) groups is 1. The standard InChI is InChI=1S/C7H6BrCl2NOS/c1-11-7(12)5(9)4-2-3(8)6(10)13-4/h2,5H,1H3,(H,11,12). The van der Waals surface area contributed by atoms with Gasteiger partial charge in [0.2, 0.25) is 5.91 Å². The summed E-state index contributed by atoms with van der Waals surface area (Å²) in [6, 6.07) is 1.75. The van der Waals surface area contributed by atoms with Crippen LogP contribution in [0.1, 0.15) is 10.3 Å². The maximum absolute atomic E-state index is 11.1. The number of amides is 1. The van der Waals surface area contributed by atoms with Gasteiger partial charge in [0.1, 0.15) is 9.71 Å². The first-order chi connectivity index (χ1) is 6.06. The molecule has 0 aliphatic heterocycles. The van der Waals surface area contributed by atoms with Crippen LogP contribution >= 0.6 is 50.5 Å². The second-order valence-corrected chi connectivity index (χ2v) is 5.22. The molecule has 0 aliphatic carbocycles. The summed E-state index contributed by atoms with van der Waals surface area (Å²) in [7, 11) is 1.54. The van der Waals surface area contributed by atoms with Crippen molar-refractivity contribution < 1.29 is 4.79 Å². The van der Waals surface area contributed by atoms with Crippen molar-refractivity contribution in [1.29, 1.82) is 0 Å². The zero-order chi connectivity index (χ0) is 10.0. The zero-order valence-corrected chi connectivity index (χ0v) is 10.5.